The van der Waals surface area contributed by atoms with Crippen molar-refractivity contribution < 1.29 is 14.2 Å². The summed E-state index contributed by atoms with van der Waals surface area (Å²) in [7, 11) is 0. The summed E-state index contributed by atoms with van der Waals surface area (Å²) in [6.45, 7) is 1.00. The van der Waals surface area contributed by atoms with E-state index in [1.807, 2.05) is 91.0 Å². The van der Waals surface area contributed by atoms with Gasteiger partial charge in [-0.15, -0.1) is 0 Å². The molecule has 8 heteroatoms. The van der Waals surface area contributed by atoms with Crippen molar-refractivity contribution >= 4 is 29.0 Å². The molecule has 0 saturated heterocycles. The Morgan fingerprint density at radius 1 is 0.676 bits per heavy atom. The molecule has 0 atom stereocenters. The molecule has 0 aliphatic carbocycles. The highest BCUT2D eigenvalue weighted by atomic mass is 32.1. The monoisotopic (exact) mass is 512 g/mol. The maximum absolute atomic E-state index is 7.44. The van der Waals surface area contributed by atoms with E-state index < -0.39 is 0 Å². The first-order chi connectivity index (χ1) is 18.1. The molecule has 0 fully saturated rings. The number of guanidine groups is 1. The zero-order chi connectivity index (χ0) is 25.9. The Kier molecular flexibility index (Phi) is 8.93. The number of thiocarbonyl (C=S) groups is 1. The van der Waals surface area contributed by atoms with Gasteiger partial charge < -0.3 is 30.6 Å². The van der Waals surface area contributed by atoms with Gasteiger partial charge in [-0.05, 0) is 28.9 Å². The Morgan fingerprint density at radius 3 is 1.49 bits per heavy atom. The second kappa shape index (κ2) is 12.9. The van der Waals surface area contributed by atoms with Gasteiger partial charge in [-0.3, -0.25) is 5.41 Å². The molecule has 5 N–H and O–H groups in total. The Hall–Kier alpha value is -4.56. The van der Waals surface area contributed by atoms with E-state index in [9.17, 15) is 0 Å². The molecule has 4 aromatic rings. The van der Waals surface area contributed by atoms with Crippen molar-refractivity contribution in [3.63, 3.8) is 0 Å². The molecule has 0 saturated carbocycles. The average Bonchev–Trinajstić information content (AvgIpc) is 2.91. The predicted molar refractivity (Wildman–Crippen MR) is 150 cm³/mol. The van der Waals surface area contributed by atoms with Gasteiger partial charge in [0.1, 0.15) is 19.8 Å². The first-order valence-electron chi connectivity index (χ1n) is 11.7. The summed E-state index contributed by atoms with van der Waals surface area (Å²) in [6.07, 6.45) is 0. The maximum atomic E-state index is 7.44. The van der Waals surface area contributed by atoms with Gasteiger partial charge >= 0.3 is 0 Å². The number of ether oxygens (including phenoxy) is 3. The van der Waals surface area contributed by atoms with Crippen LogP contribution in [0.4, 0.5) is 5.69 Å². The van der Waals surface area contributed by atoms with Crippen LogP contribution in [-0.2, 0) is 19.8 Å². The summed E-state index contributed by atoms with van der Waals surface area (Å²) >= 11 is 5.27. The number of nitrogens with one attached hydrogen (secondary N) is 3. The van der Waals surface area contributed by atoms with Gasteiger partial charge in [-0.1, -0.05) is 91.0 Å². The van der Waals surface area contributed by atoms with E-state index in [1.54, 1.807) is 12.1 Å². The highest BCUT2D eigenvalue weighted by molar-refractivity contribution is 7.80. The molecule has 0 unspecified atom stereocenters. The minimum Gasteiger partial charge on any atom is -0.485 e. The molecule has 0 heterocycles. The Labute approximate surface area is 221 Å². The van der Waals surface area contributed by atoms with Gasteiger partial charge in [0.15, 0.2) is 22.6 Å². The minimum absolute atomic E-state index is 0.175. The molecule has 0 spiro atoms. The molecule has 0 bridgehead atoms. The molecule has 0 amide bonds. The van der Waals surface area contributed by atoms with E-state index in [0.717, 1.165) is 16.7 Å². The lowest BCUT2D eigenvalue weighted by atomic mass is 10.2. The van der Waals surface area contributed by atoms with Gasteiger partial charge in [-0.25, -0.2) is 0 Å². The van der Waals surface area contributed by atoms with Crippen molar-refractivity contribution in [1.29, 1.82) is 5.41 Å². The van der Waals surface area contributed by atoms with E-state index in [1.165, 1.54) is 0 Å². The summed E-state index contributed by atoms with van der Waals surface area (Å²) in [5.74, 6) is 1.19. The molecule has 0 aromatic heterocycles. The molecule has 0 radical (unpaired) electrons. The smallest absolute Gasteiger partial charge is 0.204 e. The molecule has 0 aliphatic heterocycles. The van der Waals surface area contributed by atoms with Crippen molar-refractivity contribution in [1.82, 2.24) is 5.32 Å². The third-order valence-electron chi connectivity index (χ3n) is 5.23. The second-order valence-corrected chi connectivity index (χ2v) is 8.53. The second-order valence-electron chi connectivity index (χ2n) is 8.12. The first kappa shape index (κ1) is 25.5. The lowest BCUT2D eigenvalue weighted by Gasteiger charge is -2.20. The number of benzene rings is 4. The number of hydrogen-bond donors (Lipinski definition) is 4. The van der Waals surface area contributed by atoms with Gasteiger partial charge in [0.25, 0.3) is 0 Å². The normalized spacial score (nSPS) is 10.3. The summed E-state index contributed by atoms with van der Waals surface area (Å²) in [5, 5.41) is 13.2. The summed E-state index contributed by atoms with van der Waals surface area (Å²) in [6, 6.07) is 33.2. The molecule has 37 heavy (non-hydrogen) atoms. The van der Waals surface area contributed by atoms with Crippen LogP contribution in [0, 0.1) is 5.41 Å². The Morgan fingerprint density at radius 2 is 1.08 bits per heavy atom. The molecule has 4 rings (SSSR count). The predicted octanol–water partition coefficient (Wildman–Crippen LogP) is 5.60. The molecular weight excluding hydrogens is 484 g/mol. The molecule has 4 aromatic carbocycles. The van der Waals surface area contributed by atoms with E-state index in [4.69, 9.17) is 37.6 Å². The van der Waals surface area contributed by atoms with E-state index in [0.29, 0.717) is 42.8 Å². The van der Waals surface area contributed by atoms with Crippen LogP contribution in [0.25, 0.3) is 0 Å². The highest BCUT2D eigenvalue weighted by Gasteiger charge is 2.17. The number of hydrogen-bond acceptors (Lipinski definition) is 5. The number of anilines is 1. The topological polar surface area (TPSA) is 102 Å². The Balaban J connectivity index is 1.67. The number of nitrogens with two attached hydrogens (primary N) is 1. The van der Waals surface area contributed by atoms with Crippen LogP contribution in [0.5, 0.6) is 17.2 Å². The number of rotatable bonds is 10. The first-order valence-corrected chi connectivity index (χ1v) is 12.1. The summed E-state index contributed by atoms with van der Waals surface area (Å²) < 4.78 is 18.7. The van der Waals surface area contributed by atoms with Crippen molar-refractivity contribution in [3.05, 3.63) is 120 Å². The van der Waals surface area contributed by atoms with Crippen LogP contribution in [0.2, 0.25) is 0 Å². The fourth-order valence-electron chi connectivity index (χ4n) is 3.49. The van der Waals surface area contributed by atoms with Crippen LogP contribution >= 0.6 is 12.2 Å². The van der Waals surface area contributed by atoms with E-state index in [2.05, 4.69) is 10.6 Å². The SMILES string of the molecule is N=C(N)NC(=S)Nc1cc(OCc2ccccc2)c(OCc2ccccc2)c(OCc2ccccc2)c1. The fraction of sp³-hybridized carbons (Fsp3) is 0.103. The zero-order valence-corrected chi connectivity index (χ0v) is 21.0. The van der Waals surface area contributed by atoms with Gasteiger partial charge in [0, 0.05) is 17.8 Å². The van der Waals surface area contributed by atoms with Crippen molar-refractivity contribution in [2.24, 2.45) is 5.73 Å². The fourth-order valence-corrected chi connectivity index (χ4v) is 3.72. The van der Waals surface area contributed by atoms with Gasteiger partial charge in [0.2, 0.25) is 5.75 Å². The summed E-state index contributed by atoms with van der Waals surface area (Å²) in [5.41, 5.74) is 9.05. The standard InChI is InChI=1S/C29H28N4O3S/c30-28(31)33-29(37)32-24-16-25(34-18-21-10-4-1-5-11-21)27(36-20-23-14-8-3-9-15-23)26(17-24)35-19-22-12-6-2-7-13-22/h1-17H,18-20H2,(H5,30,31,32,33,37). The molecular formula is C29H28N4O3S. The van der Waals surface area contributed by atoms with Crippen LogP contribution in [0.1, 0.15) is 16.7 Å². The van der Waals surface area contributed by atoms with Crippen LogP contribution in [0.15, 0.2) is 103 Å². The molecule has 188 valence electrons. The highest BCUT2D eigenvalue weighted by Crippen LogP contribution is 2.42. The summed E-state index contributed by atoms with van der Waals surface area (Å²) in [4.78, 5) is 0. The average molecular weight is 513 g/mol. The molecule has 0 aliphatic rings. The van der Waals surface area contributed by atoms with Crippen molar-refractivity contribution in [2.75, 3.05) is 5.32 Å². The third kappa shape index (κ3) is 7.98. The van der Waals surface area contributed by atoms with Crippen molar-refractivity contribution in [2.45, 2.75) is 19.8 Å². The van der Waals surface area contributed by atoms with E-state index >= 15 is 0 Å². The van der Waals surface area contributed by atoms with Gasteiger partial charge in [-0.2, -0.15) is 0 Å². The quantitative estimate of drug-likeness (QED) is 0.125. The zero-order valence-electron chi connectivity index (χ0n) is 20.1. The lowest BCUT2D eigenvalue weighted by molar-refractivity contribution is 0.230. The Bertz CT molecular complexity index is 1250. The van der Waals surface area contributed by atoms with E-state index in [-0.39, 0.29) is 11.1 Å². The molecule has 7 nitrogen and oxygen atoms in total. The lowest BCUT2D eigenvalue weighted by Crippen LogP contribution is -2.38. The van der Waals surface area contributed by atoms with Crippen LogP contribution in [0.3, 0.4) is 0 Å². The minimum atomic E-state index is -0.263. The largest absolute Gasteiger partial charge is 0.485 e. The van der Waals surface area contributed by atoms with Crippen molar-refractivity contribution in [3.8, 4) is 17.2 Å². The van der Waals surface area contributed by atoms with Gasteiger partial charge in [0.05, 0.1) is 0 Å². The van der Waals surface area contributed by atoms with Crippen LogP contribution < -0.4 is 30.6 Å². The van der Waals surface area contributed by atoms with Crippen LogP contribution in [-0.4, -0.2) is 11.1 Å². The third-order valence-corrected chi connectivity index (χ3v) is 5.43. The maximum Gasteiger partial charge on any atom is 0.204 e.